The molecule has 0 bridgehead atoms. The van der Waals surface area contributed by atoms with Crippen LogP contribution in [0.3, 0.4) is 0 Å². The van der Waals surface area contributed by atoms with Gasteiger partial charge < -0.3 is 44.8 Å². The van der Waals surface area contributed by atoms with Gasteiger partial charge in [-0.25, -0.2) is 23.9 Å². The second-order valence-electron chi connectivity index (χ2n) is 19.5. The van der Waals surface area contributed by atoms with E-state index in [1.165, 1.54) is 26.4 Å². The van der Waals surface area contributed by atoms with Gasteiger partial charge >= 0.3 is 12.2 Å². The summed E-state index contributed by atoms with van der Waals surface area (Å²) in [5.74, 6) is 0.749. The summed E-state index contributed by atoms with van der Waals surface area (Å²) in [5, 5.41) is 5.51. The monoisotopic (exact) mass is 877 g/mol. The van der Waals surface area contributed by atoms with Crippen molar-refractivity contribution in [1.82, 2.24) is 40.4 Å². The quantitative estimate of drug-likeness (QED) is 0.113. The number of halogens is 1. The molecule has 64 heavy (non-hydrogen) atoms. The molecule has 8 rings (SSSR count). The van der Waals surface area contributed by atoms with E-state index in [-0.39, 0.29) is 41.8 Å². The van der Waals surface area contributed by atoms with Crippen LogP contribution in [0.2, 0.25) is 0 Å². The third-order valence-electron chi connectivity index (χ3n) is 13.2. The number of methoxy groups -OCH3 is 2. The van der Waals surface area contributed by atoms with Crippen LogP contribution in [0.1, 0.15) is 127 Å². The van der Waals surface area contributed by atoms with Crippen molar-refractivity contribution in [3.8, 4) is 0 Å². The fourth-order valence-electron chi connectivity index (χ4n) is 9.87. The lowest BCUT2D eigenvalue weighted by Crippen LogP contribution is -2.54. The number of nitrogens with one attached hydrogen (secondary N) is 4. The number of hydrogen-bond donors (Lipinski definition) is 4. The summed E-state index contributed by atoms with van der Waals surface area (Å²) < 4.78 is 24.1. The van der Waals surface area contributed by atoms with E-state index < -0.39 is 35.1 Å². The van der Waals surface area contributed by atoms with Crippen molar-refractivity contribution in [2.45, 2.75) is 116 Å². The Kier molecular flexibility index (Phi) is 12.1. The van der Waals surface area contributed by atoms with Crippen molar-refractivity contribution in [2.24, 2.45) is 10.8 Å². The first-order valence-corrected chi connectivity index (χ1v) is 22.3. The molecule has 6 atom stereocenters. The predicted octanol–water partition coefficient (Wildman–Crippen LogP) is 8.53. The number of nitrogens with zero attached hydrogens (tertiary/aromatic N) is 5. The number of carbonyl (C=O) groups excluding carboxylic acids is 4. The minimum Gasteiger partial charge on any atom is -0.453 e. The average molecular weight is 878 g/mol. The lowest BCUT2D eigenvalue weighted by Gasteiger charge is -2.34. The molecule has 3 aromatic carbocycles. The van der Waals surface area contributed by atoms with Crippen molar-refractivity contribution in [1.29, 1.82) is 0 Å². The number of carbonyl (C=O) groups is 4. The molecule has 4 amide bonds. The molecule has 0 radical (unpaired) electrons. The van der Waals surface area contributed by atoms with Crippen LogP contribution in [0, 0.1) is 16.6 Å². The predicted molar refractivity (Wildman–Crippen MR) is 241 cm³/mol. The number of imidazole rings is 2. The summed E-state index contributed by atoms with van der Waals surface area (Å²) in [6, 6.07) is 17.0. The number of anilines is 1. The first-order chi connectivity index (χ1) is 30.4. The fourth-order valence-corrected chi connectivity index (χ4v) is 9.87. The van der Waals surface area contributed by atoms with Crippen molar-refractivity contribution in [3.63, 3.8) is 0 Å². The molecule has 2 aromatic heterocycles. The van der Waals surface area contributed by atoms with Crippen LogP contribution in [0.15, 0.2) is 60.7 Å². The highest BCUT2D eigenvalue weighted by atomic mass is 19.1. The Bertz CT molecular complexity index is 2390. The highest BCUT2D eigenvalue weighted by molar-refractivity contribution is 5.88. The lowest BCUT2D eigenvalue weighted by atomic mass is 9.85. The Morgan fingerprint density at radius 1 is 0.641 bits per heavy atom. The molecule has 5 aromatic rings. The van der Waals surface area contributed by atoms with Crippen LogP contribution >= 0.6 is 0 Å². The van der Waals surface area contributed by atoms with E-state index in [0.29, 0.717) is 24.7 Å². The number of rotatable bonds is 9. The smallest absolute Gasteiger partial charge is 0.407 e. The second-order valence-corrected chi connectivity index (χ2v) is 19.5. The molecular weight excluding hydrogens is 818 g/mol. The molecule has 4 N–H and O–H groups in total. The summed E-state index contributed by atoms with van der Waals surface area (Å²) in [6.07, 6.45) is 3.46. The van der Waals surface area contributed by atoms with E-state index in [4.69, 9.17) is 19.4 Å². The molecule has 15 nitrogen and oxygen atoms in total. The zero-order chi connectivity index (χ0) is 45.7. The number of hydrogen-bond acceptors (Lipinski definition) is 9. The SMILES string of the molecule is COC(=O)N[C@H](C(=O)N1CCC[C@H]1c1nc2ccc([C@H]3CC[C@H](c4ccc5nc([C@@H]6CCCN6C(=O)[C@@H](NC(=O)OC)C(C)(C)C)[nH]c5c4)N3c3ccc(F)cc3)cc2[nH]1)C(C)(C)C. The number of likely N-dealkylation sites (tertiary alicyclic amines) is 2. The summed E-state index contributed by atoms with van der Waals surface area (Å²) >= 11 is 0. The lowest BCUT2D eigenvalue weighted by molar-refractivity contribution is -0.137. The van der Waals surface area contributed by atoms with Gasteiger partial charge in [0.25, 0.3) is 0 Å². The first-order valence-electron chi connectivity index (χ1n) is 22.3. The van der Waals surface area contributed by atoms with E-state index in [9.17, 15) is 23.6 Å². The molecule has 16 heteroatoms. The number of H-pyrrole nitrogens is 2. The number of ether oxygens (including phenoxy) is 2. The zero-order valence-electron chi connectivity index (χ0n) is 38.0. The number of alkyl carbamates (subject to hydrolysis) is 2. The highest BCUT2D eigenvalue weighted by Crippen LogP contribution is 2.48. The standard InChI is InChI=1S/C48H60FN9O6/c1-47(2,3)39(54-45(61)63-7)43(59)56-23-9-11-37(56)41-50-31-19-13-27(25-33(31)52-41)35-21-22-36(58(35)30-17-15-29(49)16-18-30)28-14-20-32-34(26-28)53-42(51-32)38-12-10-24-57(38)44(60)40(48(4,5)6)55-46(62)64-8/h13-20,25-26,35-40H,9-12,21-24H2,1-8H3,(H,50,52)(H,51,53)(H,54,61)(H,55,62)/t35-,36-,37+,38+,39-,40-/m1/s1. The van der Waals surface area contributed by atoms with E-state index in [1.54, 1.807) is 0 Å². The largest absolute Gasteiger partial charge is 0.453 e. The van der Waals surface area contributed by atoms with Crippen LogP contribution in [0.25, 0.3) is 22.1 Å². The molecule has 3 aliphatic rings. The molecular formula is C48H60FN9O6. The van der Waals surface area contributed by atoms with E-state index >= 15 is 0 Å². The molecule has 340 valence electrons. The molecule has 3 fully saturated rings. The summed E-state index contributed by atoms with van der Waals surface area (Å²) in [5.41, 5.74) is 5.25. The Hall–Kier alpha value is -6.19. The number of aromatic nitrogens is 4. The summed E-state index contributed by atoms with van der Waals surface area (Å²) in [4.78, 5) is 75.6. The van der Waals surface area contributed by atoms with Crippen LogP contribution in [0.4, 0.5) is 19.7 Å². The van der Waals surface area contributed by atoms with Crippen LogP contribution in [-0.4, -0.2) is 93.1 Å². The fraction of sp³-hybridized carbons (Fsp3) is 0.500. The molecule has 0 unspecified atom stereocenters. The third-order valence-corrected chi connectivity index (χ3v) is 13.2. The van der Waals surface area contributed by atoms with Crippen molar-refractivity contribution in [3.05, 3.63) is 89.3 Å². The van der Waals surface area contributed by atoms with Gasteiger partial charge in [-0.2, -0.15) is 0 Å². The van der Waals surface area contributed by atoms with Gasteiger partial charge in [0.15, 0.2) is 0 Å². The minimum absolute atomic E-state index is 0.0476. The maximum absolute atomic E-state index is 14.4. The maximum atomic E-state index is 14.4. The van der Waals surface area contributed by atoms with E-state index in [2.05, 4.69) is 49.8 Å². The first kappa shape index (κ1) is 44.4. The van der Waals surface area contributed by atoms with E-state index in [1.807, 2.05) is 75.6 Å². The van der Waals surface area contributed by atoms with Gasteiger partial charge in [-0.1, -0.05) is 53.7 Å². The number of fused-ring (bicyclic) bond motifs is 2. The Morgan fingerprint density at radius 3 is 1.45 bits per heavy atom. The second kappa shape index (κ2) is 17.4. The van der Waals surface area contributed by atoms with Crippen LogP contribution < -0.4 is 15.5 Å². The van der Waals surface area contributed by atoms with E-state index in [0.717, 1.165) is 77.4 Å². The molecule has 0 saturated carbocycles. The average Bonchev–Trinajstić information content (AvgIpc) is 4.11. The van der Waals surface area contributed by atoms with Crippen molar-refractivity contribution < 1.29 is 33.0 Å². The Balaban J connectivity index is 1.06. The van der Waals surface area contributed by atoms with Gasteiger partial charge in [-0.3, -0.25) is 9.59 Å². The molecule has 0 aliphatic carbocycles. The third kappa shape index (κ3) is 8.70. The van der Waals surface area contributed by atoms with Gasteiger partial charge in [-0.05, 0) is 109 Å². The topological polar surface area (TPSA) is 178 Å². The Morgan fingerprint density at radius 2 is 1.06 bits per heavy atom. The van der Waals surface area contributed by atoms with Crippen molar-refractivity contribution >= 4 is 51.8 Å². The van der Waals surface area contributed by atoms with Gasteiger partial charge in [0.2, 0.25) is 11.8 Å². The molecule has 3 saturated heterocycles. The van der Waals surface area contributed by atoms with Gasteiger partial charge in [0, 0.05) is 18.8 Å². The zero-order valence-corrected chi connectivity index (χ0v) is 38.0. The maximum Gasteiger partial charge on any atom is 0.407 e. The number of benzene rings is 3. The van der Waals surface area contributed by atoms with Gasteiger partial charge in [0.05, 0.1) is 60.5 Å². The van der Waals surface area contributed by atoms with Crippen LogP contribution in [0.5, 0.6) is 0 Å². The molecule has 3 aliphatic heterocycles. The normalized spacial score (nSPS) is 21.4. The molecule has 0 spiro atoms. The van der Waals surface area contributed by atoms with Gasteiger partial charge in [0.1, 0.15) is 29.5 Å². The summed E-state index contributed by atoms with van der Waals surface area (Å²) in [7, 11) is 2.58. The summed E-state index contributed by atoms with van der Waals surface area (Å²) in [6.45, 7) is 12.6. The van der Waals surface area contributed by atoms with Gasteiger partial charge in [-0.15, -0.1) is 0 Å². The Labute approximate surface area is 372 Å². The highest BCUT2D eigenvalue weighted by Gasteiger charge is 2.43. The number of amides is 4. The minimum atomic E-state index is -0.779. The van der Waals surface area contributed by atoms with Crippen LogP contribution in [-0.2, 0) is 19.1 Å². The van der Waals surface area contributed by atoms with Crippen molar-refractivity contribution in [2.75, 3.05) is 32.2 Å². The molecule has 5 heterocycles. The number of aromatic amines is 2.